The maximum atomic E-state index is 11.5. The van der Waals surface area contributed by atoms with Crippen molar-refractivity contribution in [2.45, 2.75) is 31.7 Å². The normalized spacial score (nSPS) is 17.1. The highest BCUT2D eigenvalue weighted by molar-refractivity contribution is 5.92. The summed E-state index contributed by atoms with van der Waals surface area (Å²) in [5.41, 5.74) is 5.57. The molecule has 0 unspecified atom stereocenters. The van der Waals surface area contributed by atoms with Gasteiger partial charge in [-0.1, -0.05) is 18.0 Å². The molecule has 14 heavy (non-hydrogen) atoms. The van der Waals surface area contributed by atoms with E-state index in [1.54, 1.807) is 0 Å². The Morgan fingerprint density at radius 2 is 2.29 bits per heavy atom. The SMILES string of the molecule is Nc1cc(C(=O)NC2CCCC2)no1. The van der Waals surface area contributed by atoms with Crippen LogP contribution in [0.3, 0.4) is 0 Å². The van der Waals surface area contributed by atoms with Gasteiger partial charge in [-0.05, 0) is 12.8 Å². The van der Waals surface area contributed by atoms with Gasteiger partial charge in [-0.3, -0.25) is 4.79 Å². The number of carbonyl (C=O) groups excluding carboxylic acids is 1. The minimum Gasteiger partial charge on any atom is -0.368 e. The van der Waals surface area contributed by atoms with Crippen molar-refractivity contribution in [1.29, 1.82) is 0 Å². The molecule has 0 aromatic carbocycles. The predicted molar refractivity (Wildman–Crippen MR) is 50.6 cm³/mol. The molecule has 0 aliphatic heterocycles. The van der Waals surface area contributed by atoms with E-state index in [0.29, 0.717) is 6.04 Å². The molecule has 1 aliphatic rings. The maximum absolute atomic E-state index is 11.5. The highest BCUT2D eigenvalue weighted by Gasteiger charge is 2.19. The van der Waals surface area contributed by atoms with Crippen molar-refractivity contribution in [3.05, 3.63) is 11.8 Å². The Hall–Kier alpha value is -1.52. The van der Waals surface area contributed by atoms with E-state index in [-0.39, 0.29) is 17.5 Å². The van der Waals surface area contributed by atoms with Crippen molar-refractivity contribution in [3.63, 3.8) is 0 Å². The number of nitrogens with two attached hydrogens (primary N) is 1. The largest absolute Gasteiger partial charge is 0.368 e. The Morgan fingerprint density at radius 3 is 2.86 bits per heavy atom. The number of rotatable bonds is 2. The topological polar surface area (TPSA) is 81.2 Å². The fourth-order valence-electron chi connectivity index (χ4n) is 1.73. The van der Waals surface area contributed by atoms with Crippen molar-refractivity contribution in [2.75, 3.05) is 5.73 Å². The molecule has 0 saturated heterocycles. The summed E-state index contributed by atoms with van der Waals surface area (Å²) >= 11 is 0. The van der Waals surface area contributed by atoms with Gasteiger partial charge in [-0.15, -0.1) is 0 Å². The van der Waals surface area contributed by atoms with Gasteiger partial charge in [-0.25, -0.2) is 0 Å². The molecule has 2 rings (SSSR count). The second-order valence-electron chi connectivity index (χ2n) is 3.57. The first-order valence-electron chi connectivity index (χ1n) is 4.79. The maximum Gasteiger partial charge on any atom is 0.273 e. The van der Waals surface area contributed by atoms with Crippen LogP contribution in [0.5, 0.6) is 0 Å². The summed E-state index contributed by atoms with van der Waals surface area (Å²) in [7, 11) is 0. The number of hydrogen-bond acceptors (Lipinski definition) is 4. The first-order chi connectivity index (χ1) is 6.75. The van der Waals surface area contributed by atoms with Gasteiger partial charge < -0.3 is 15.6 Å². The van der Waals surface area contributed by atoms with Gasteiger partial charge in [0.05, 0.1) is 0 Å². The molecule has 1 aromatic heterocycles. The smallest absolute Gasteiger partial charge is 0.273 e. The Kier molecular flexibility index (Phi) is 2.39. The van der Waals surface area contributed by atoms with E-state index in [1.165, 1.54) is 18.9 Å². The summed E-state index contributed by atoms with van der Waals surface area (Å²) in [5.74, 6) is -0.0288. The third-order valence-corrected chi connectivity index (χ3v) is 2.45. The summed E-state index contributed by atoms with van der Waals surface area (Å²) in [5, 5.41) is 6.44. The van der Waals surface area contributed by atoms with Crippen LogP contribution in [-0.2, 0) is 0 Å². The third kappa shape index (κ3) is 1.86. The third-order valence-electron chi connectivity index (χ3n) is 2.45. The van der Waals surface area contributed by atoms with Crippen LogP contribution < -0.4 is 11.1 Å². The van der Waals surface area contributed by atoms with Crippen LogP contribution in [0.1, 0.15) is 36.2 Å². The van der Waals surface area contributed by atoms with E-state index in [1.807, 2.05) is 0 Å². The van der Waals surface area contributed by atoms with Crippen LogP contribution >= 0.6 is 0 Å². The lowest BCUT2D eigenvalue weighted by atomic mass is 10.2. The lowest BCUT2D eigenvalue weighted by Gasteiger charge is -2.09. The molecule has 1 amide bonds. The summed E-state index contributed by atoms with van der Waals surface area (Å²) in [4.78, 5) is 11.5. The Balaban J connectivity index is 1.95. The molecule has 3 N–H and O–H groups in total. The van der Waals surface area contributed by atoms with Crippen molar-refractivity contribution in [3.8, 4) is 0 Å². The van der Waals surface area contributed by atoms with E-state index >= 15 is 0 Å². The lowest BCUT2D eigenvalue weighted by Crippen LogP contribution is -2.32. The highest BCUT2D eigenvalue weighted by Crippen LogP contribution is 2.18. The molecule has 1 aliphatic carbocycles. The molecule has 0 bridgehead atoms. The van der Waals surface area contributed by atoms with E-state index in [9.17, 15) is 4.79 Å². The average Bonchev–Trinajstić information content (AvgIpc) is 2.75. The van der Waals surface area contributed by atoms with E-state index in [4.69, 9.17) is 5.73 Å². The summed E-state index contributed by atoms with van der Waals surface area (Å²) in [6, 6.07) is 1.73. The van der Waals surface area contributed by atoms with Gasteiger partial charge in [-0.2, -0.15) is 0 Å². The van der Waals surface area contributed by atoms with Crippen LogP contribution in [-0.4, -0.2) is 17.1 Å². The molecular formula is C9H13N3O2. The van der Waals surface area contributed by atoms with Crippen molar-refractivity contribution in [1.82, 2.24) is 10.5 Å². The van der Waals surface area contributed by atoms with Crippen molar-refractivity contribution in [2.24, 2.45) is 0 Å². The monoisotopic (exact) mass is 195 g/mol. The second-order valence-corrected chi connectivity index (χ2v) is 3.57. The number of nitrogen functional groups attached to an aromatic ring is 1. The first-order valence-corrected chi connectivity index (χ1v) is 4.79. The van der Waals surface area contributed by atoms with Crippen molar-refractivity contribution >= 4 is 11.8 Å². The van der Waals surface area contributed by atoms with E-state index in [0.717, 1.165) is 12.8 Å². The second kappa shape index (κ2) is 3.69. The zero-order chi connectivity index (χ0) is 9.97. The van der Waals surface area contributed by atoms with Crippen LogP contribution in [0.15, 0.2) is 10.6 Å². The van der Waals surface area contributed by atoms with Gasteiger partial charge in [0.1, 0.15) is 0 Å². The molecule has 76 valence electrons. The molecule has 5 nitrogen and oxygen atoms in total. The van der Waals surface area contributed by atoms with Crippen LogP contribution in [0.2, 0.25) is 0 Å². The lowest BCUT2D eigenvalue weighted by molar-refractivity contribution is 0.0929. The fourth-order valence-corrected chi connectivity index (χ4v) is 1.73. The van der Waals surface area contributed by atoms with E-state index in [2.05, 4.69) is 15.0 Å². The molecule has 0 spiro atoms. The number of nitrogens with zero attached hydrogens (tertiary/aromatic N) is 1. The number of anilines is 1. The molecule has 0 atom stereocenters. The molecular weight excluding hydrogens is 182 g/mol. The number of amides is 1. The zero-order valence-corrected chi connectivity index (χ0v) is 7.82. The number of hydrogen-bond donors (Lipinski definition) is 2. The molecule has 1 saturated carbocycles. The summed E-state index contributed by atoms with van der Waals surface area (Å²) < 4.78 is 4.62. The van der Waals surface area contributed by atoms with Gasteiger partial charge >= 0.3 is 0 Å². The Bertz CT molecular complexity index is 329. The van der Waals surface area contributed by atoms with Crippen molar-refractivity contribution < 1.29 is 9.32 Å². The van der Waals surface area contributed by atoms with Gasteiger partial charge in [0.15, 0.2) is 5.69 Å². The zero-order valence-electron chi connectivity index (χ0n) is 7.82. The molecule has 1 fully saturated rings. The fraction of sp³-hybridized carbons (Fsp3) is 0.556. The minimum atomic E-state index is -0.197. The predicted octanol–water partition coefficient (Wildman–Crippen LogP) is 0.929. The summed E-state index contributed by atoms with van der Waals surface area (Å²) in [6.07, 6.45) is 4.48. The molecule has 5 heteroatoms. The standard InChI is InChI=1S/C9H13N3O2/c10-8-5-7(12-14-8)9(13)11-6-3-1-2-4-6/h5-6H,1-4,10H2,(H,11,13). The van der Waals surface area contributed by atoms with Gasteiger partial charge in [0.2, 0.25) is 5.88 Å². The molecule has 0 radical (unpaired) electrons. The Labute approximate surface area is 81.6 Å². The Morgan fingerprint density at radius 1 is 1.57 bits per heavy atom. The summed E-state index contributed by atoms with van der Waals surface area (Å²) in [6.45, 7) is 0. The average molecular weight is 195 g/mol. The quantitative estimate of drug-likeness (QED) is 0.735. The van der Waals surface area contributed by atoms with Crippen LogP contribution in [0, 0.1) is 0 Å². The van der Waals surface area contributed by atoms with Gasteiger partial charge in [0.25, 0.3) is 5.91 Å². The minimum absolute atomic E-state index is 0.168. The van der Waals surface area contributed by atoms with Crippen LogP contribution in [0.4, 0.5) is 5.88 Å². The number of carbonyl (C=O) groups is 1. The van der Waals surface area contributed by atoms with Gasteiger partial charge in [0, 0.05) is 12.1 Å². The highest BCUT2D eigenvalue weighted by atomic mass is 16.5. The number of aromatic nitrogens is 1. The molecule has 1 aromatic rings. The van der Waals surface area contributed by atoms with E-state index < -0.39 is 0 Å². The van der Waals surface area contributed by atoms with Crippen LogP contribution in [0.25, 0.3) is 0 Å². The first kappa shape index (κ1) is 9.05. The number of nitrogens with one attached hydrogen (secondary N) is 1. The molecule has 1 heterocycles.